The first kappa shape index (κ1) is 14.3. The molecule has 1 aliphatic carbocycles. The number of aryl methyl sites for hydroxylation is 1. The van der Waals surface area contributed by atoms with Crippen molar-refractivity contribution >= 4 is 56.9 Å². The number of fused-ring (bicyclic) bond motifs is 1. The molecule has 3 rings (SSSR count). The maximum Gasteiger partial charge on any atom is 0.0931 e. The van der Waals surface area contributed by atoms with Crippen LogP contribution < -0.4 is 5.32 Å². The Hall–Kier alpha value is 0.380. The number of rotatable bonds is 4. The summed E-state index contributed by atoms with van der Waals surface area (Å²) in [6.07, 6.45) is 4.92. The molecule has 2 heterocycles. The van der Waals surface area contributed by atoms with Gasteiger partial charge in [-0.3, -0.25) is 0 Å². The molecule has 1 unspecified atom stereocenters. The van der Waals surface area contributed by atoms with Crippen molar-refractivity contribution in [1.82, 2.24) is 5.32 Å². The molecule has 102 valence electrons. The number of halogens is 2. The molecule has 0 aliphatic heterocycles. The van der Waals surface area contributed by atoms with Gasteiger partial charge in [0.2, 0.25) is 0 Å². The number of nitrogens with one attached hydrogen (secondary N) is 1. The highest BCUT2D eigenvalue weighted by molar-refractivity contribution is 14.1. The van der Waals surface area contributed by atoms with Crippen LogP contribution in [0.5, 0.6) is 0 Å². The molecular weight excluding hydrogens is 409 g/mol. The van der Waals surface area contributed by atoms with E-state index in [1.807, 2.05) is 17.4 Å². The maximum atomic E-state index is 5.96. The van der Waals surface area contributed by atoms with Crippen molar-refractivity contribution in [2.24, 2.45) is 0 Å². The van der Waals surface area contributed by atoms with E-state index in [0.29, 0.717) is 6.04 Å². The van der Waals surface area contributed by atoms with Crippen molar-refractivity contribution < 1.29 is 0 Å². The van der Waals surface area contributed by atoms with Gasteiger partial charge in [0.25, 0.3) is 0 Å². The van der Waals surface area contributed by atoms with E-state index in [9.17, 15) is 0 Å². The second kappa shape index (κ2) is 6.43. The first-order valence-electron chi connectivity index (χ1n) is 6.48. The van der Waals surface area contributed by atoms with Crippen LogP contribution in [0.25, 0.3) is 0 Å². The summed E-state index contributed by atoms with van der Waals surface area (Å²) in [4.78, 5) is 2.96. The fourth-order valence-electron chi connectivity index (χ4n) is 2.59. The van der Waals surface area contributed by atoms with Crippen molar-refractivity contribution in [2.45, 2.75) is 31.7 Å². The van der Waals surface area contributed by atoms with Crippen LogP contribution in [-0.4, -0.2) is 6.54 Å². The average molecular weight is 424 g/mol. The van der Waals surface area contributed by atoms with Gasteiger partial charge < -0.3 is 5.32 Å². The van der Waals surface area contributed by atoms with E-state index in [1.54, 1.807) is 21.8 Å². The summed E-state index contributed by atoms with van der Waals surface area (Å²) in [5, 5.41) is 3.72. The van der Waals surface area contributed by atoms with E-state index in [1.165, 1.54) is 27.0 Å². The molecule has 0 saturated carbocycles. The maximum absolute atomic E-state index is 5.96. The van der Waals surface area contributed by atoms with Crippen LogP contribution in [0.3, 0.4) is 0 Å². The molecule has 1 aliphatic rings. The first-order valence-corrected chi connectivity index (χ1v) is 9.57. The Balaban J connectivity index is 1.59. The predicted octanol–water partition coefficient (Wildman–Crippen LogP) is 5.28. The molecule has 0 spiro atoms. The van der Waals surface area contributed by atoms with E-state index in [4.69, 9.17) is 11.6 Å². The molecular formula is C14H15ClINS2. The van der Waals surface area contributed by atoms with Gasteiger partial charge >= 0.3 is 0 Å². The van der Waals surface area contributed by atoms with Gasteiger partial charge in [0.15, 0.2) is 0 Å². The minimum absolute atomic E-state index is 0.555. The van der Waals surface area contributed by atoms with Crippen LogP contribution in [-0.2, 0) is 12.8 Å². The average Bonchev–Trinajstić information content (AvgIpc) is 2.95. The Morgan fingerprint density at radius 1 is 1.37 bits per heavy atom. The Kier molecular flexibility index (Phi) is 4.85. The highest BCUT2D eigenvalue weighted by atomic mass is 127. The Labute approximate surface area is 140 Å². The Morgan fingerprint density at radius 2 is 2.26 bits per heavy atom. The van der Waals surface area contributed by atoms with Gasteiger partial charge in [-0.2, -0.15) is 0 Å². The van der Waals surface area contributed by atoms with E-state index >= 15 is 0 Å². The van der Waals surface area contributed by atoms with Crippen molar-refractivity contribution in [2.75, 3.05) is 6.54 Å². The summed E-state index contributed by atoms with van der Waals surface area (Å²) in [5.74, 6) is 0. The van der Waals surface area contributed by atoms with Gasteiger partial charge in [0.05, 0.1) is 7.22 Å². The summed E-state index contributed by atoms with van der Waals surface area (Å²) < 4.78 is 2.31. The quantitative estimate of drug-likeness (QED) is 0.660. The molecule has 2 aromatic rings. The lowest BCUT2D eigenvalue weighted by Gasteiger charge is -2.23. The van der Waals surface area contributed by atoms with Crippen LogP contribution in [0.15, 0.2) is 18.2 Å². The fraction of sp³-hybridized carbons (Fsp3) is 0.429. The monoisotopic (exact) mass is 423 g/mol. The molecule has 0 bridgehead atoms. The van der Waals surface area contributed by atoms with E-state index in [-0.39, 0.29) is 0 Å². The molecule has 0 aromatic carbocycles. The highest BCUT2D eigenvalue weighted by Crippen LogP contribution is 2.36. The van der Waals surface area contributed by atoms with Crippen LogP contribution >= 0.6 is 56.9 Å². The lowest BCUT2D eigenvalue weighted by molar-refractivity contribution is 0.467. The molecule has 1 nitrogen and oxygen atoms in total. The largest absolute Gasteiger partial charge is 0.310 e. The number of thiophene rings is 2. The summed E-state index contributed by atoms with van der Waals surface area (Å²) in [5.41, 5.74) is 1.55. The zero-order valence-corrected chi connectivity index (χ0v) is 15.0. The normalized spacial score (nSPS) is 18.5. The van der Waals surface area contributed by atoms with Gasteiger partial charge in [-0.15, -0.1) is 22.7 Å². The molecule has 5 heteroatoms. The van der Waals surface area contributed by atoms with Crippen LogP contribution in [0.2, 0.25) is 4.34 Å². The lowest BCUT2D eigenvalue weighted by atomic mass is 9.94. The fourth-order valence-corrected chi connectivity index (χ4v) is 5.80. The van der Waals surface area contributed by atoms with E-state index in [0.717, 1.165) is 17.3 Å². The summed E-state index contributed by atoms with van der Waals surface area (Å²) in [7, 11) is 0. The van der Waals surface area contributed by atoms with Crippen molar-refractivity contribution in [3.63, 3.8) is 0 Å². The van der Waals surface area contributed by atoms with Crippen LogP contribution in [0, 0.1) is 2.88 Å². The number of hydrogen-bond acceptors (Lipinski definition) is 3. The van der Waals surface area contributed by atoms with E-state index < -0.39 is 0 Å². The minimum Gasteiger partial charge on any atom is -0.310 e. The zero-order valence-electron chi connectivity index (χ0n) is 10.4. The third kappa shape index (κ3) is 3.53. The molecule has 2 aromatic heterocycles. The second-order valence-corrected chi connectivity index (χ2v) is 9.61. The van der Waals surface area contributed by atoms with E-state index in [2.05, 4.69) is 40.0 Å². The molecule has 1 atom stereocenters. The molecule has 0 radical (unpaired) electrons. The summed E-state index contributed by atoms with van der Waals surface area (Å²) in [6, 6.07) is 7.04. The van der Waals surface area contributed by atoms with Gasteiger partial charge in [-0.05, 0) is 72.0 Å². The standard InChI is InChI=1S/C14H15ClINS2/c15-13-5-4-9(18-13)6-7-17-11-2-1-3-12-10(11)8-14(16)19-12/h4-5,8,11,17H,1-3,6-7H2. The molecule has 0 fully saturated rings. The zero-order chi connectivity index (χ0) is 13.2. The third-order valence-electron chi connectivity index (χ3n) is 3.47. The molecule has 1 N–H and O–H groups in total. The van der Waals surface area contributed by atoms with Crippen molar-refractivity contribution in [1.29, 1.82) is 0 Å². The minimum atomic E-state index is 0.555. The first-order chi connectivity index (χ1) is 9.22. The topological polar surface area (TPSA) is 12.0 Å². The molecule has 0 saturated heterocycles. The summed E-state index contributed by atoms with van der Waals surface area (Å²) in [6.45, 7) is 1.04. The van der Waals surface area contributed by atoms with Crippen molar-refractivity contribution in [3.8, 4) is 0 Å². The van der Waals surface area contributed by atoms with Crippen molar-refractivity contribution in [3.05, 3.63) is 40.7 Å². The summed E-state index contributed by atoms with van der Waals surface area (Å²) >= 11 is 12.0. The third-order valence-corrected chi connectivity index (χ3v) is 6.74. The van der Waals surface area contributed by atoms with Gasteiger partial charge in [-0.1, -0.05) is 11.6 Å². The Morgan fingerprint density at radius 3 is 3.05 bits per heavy atom. The van der Waals surface area contributed by atoms with Gasteiger partial charge in [-0.25, -0.2) is 0 Å². The predicted molar refractivity (Wildman–Crippen MR) is 93.8 cm³/mol. The van der Waals surface area contributed by atoms with Crippen LogP contribution in [0.1, 0.15) is 34.2 Å². The Bertz CT molecular complexity index is 564. The number of hydrogen-bond donors (Lipinski definition) is 1. The van der Waals surface area contributed by atoms with Crippen LogP contribution in [0.4, 0.5) is 0 Å². The van der Waals surface area contributed by atoms with Gasteiger partial charge in [0, 0.05) is 22.3 Å². The lowest BCUT2D eigenvalue weighted by Crippen LogP contribution is -2.26. The smallest absolute Gasteiger partial charge is 0.0931 e. The second-order valence-electron chi connectivity index (χ2n) is 4.78. The SMILES string of the molecule is Clc1ccc(CCNC2CCCc3sc(I)cc32)s1. The molecule has 19 heavy (non-hydrogen) atoms. The highest BCUT2D eigenvalue weighted by Gasteiger charge is 2.21. The van der Waals surface area contributed by atoms with Gasteiger partial charge in [0.1, 0.15) is 0 Å². The molecule has 0 amide bonds.